The summed E-state index contributed by atoms with van der Waals surface area (Å²) in [6, 6.07) is 18.8. The maximum atomic E-state index is 10.9. The fourth-order valence-electron chi connectivity index (χ4n) is 4.78. The average Bonchev–Trinajstić information content (AvgIpc) is 2.84. The third kappa shape index (κ3) is 6.80. The van der Waals surface area contributed by atoms with E-state index >= 15 is 0 Å². The molecule has 0 atom stereocenters. The molecule has 0 aliphatic heterocycles. The van der Waals surface area contributed by atoms with Crippen LogP contribution in [0.25, 0.3) is 22.3 Å². The second kappa shape index (κ2) is 11.3. The molecule has 0 amide bonds. The summed E-state index contributed by atoms with van der Waals surface area (Å²) in [6.07, 6.45) is 0. The number of benzene rings is 4. The highest BCUT2D eigenvalue weighted by molar-refractivity contribution is 5.76. The molecule has 0 aromatic heterocycles. The Labute approximate surface area is 239 Å². The van der Waals surface area contributed by atoms with Crippen molar-refractivity contribution in [2.45, 2.75) is 80.1 Å². The average molecular weight is 541 g/mol. The van der Waals surface area contributed by atoms with E-state index < -0.39 is 0 Å². The first-order valence-electron chi connectivity index (χ1n) is 13.7. The predicted molar refractivity (Wildman–Crippen MR) is 167 cm³/mol. The smallest absolute Gasteiger partial charge is 0.127 e. The molecule has 4 aromatic rings. The van der Waals surface area contributed by atoms with Gasteiger partial charge in [-0.3, -0.25) is 0 Å². The minimum absolute atomic E-state index is 0.135. The minimum atomic E-state index is -0.169. The molecule has 0 aliphatic rings. The second-order valence-corrected chi connectivity index (χ2v) is 12.9. The Morgan fingerprint density at radius 3 is 1.55 bits per heavy atom. The zero-order valence-corrected chi connectivity index (χ0v) is 25.6. The molecule has 0 heterocycles. The van der Waals surface area contributed by atoms with Crippen LogP contribution in [-0.4, -0.2) is 20.4 Å². The molecule has 4 rings (SSSR count). The minimum Gasteiger partial charge on any atom is -0.508 e. The van der Waals surface area contributed by atoms with E-state index in [1.165, 1.54) is 0 Å². The summed E-state index contributed by atoms with van der Waals surface area (Å²) >= 11 is 0. The van der Waals surface area contributed by atoms with Gasteiger partial charge < -0.3 is 20.4 Å². The van der Waals surface area contributed by atoms with Crippen molar-refractivity contribution in [3.63, 3.8) is 0 Å². The maximum Gasteiger partial charge on any atom is 0.127 e. The van der Waals surface area contributed by atoms with Crippen molar-refractivity contribution in [3.05, 3.63) is 94.0 Å². The number of aromatic hydroxyl groups is 4. The van der Waals surface area contributed by atoms with Gasteiger partial charge in [0.1, 0.15) is 23.0 Å². The largest absolute Gasteiger partial charge is 0.508 e. The molecule has 0 fully saturated rings. The SMILES string of the molecule is Cc1cc(-c2cc(C)c(O)c(C(C)(C)C)c2)c(O)c(C(C)(C)C)c1.Cc1ccc(O)c(-c2ccc(O)c(C)c2)c1. The van der Waals surface area contributed by atoms with Gasteiger partial charge in [-0.25, -0.2) is 0 Å². The molecule has 212 valence electrons. The zero-order chi connectivity index (χ0) is 30.2. The molecule has 4 nitrogen and oxygen atoms in total. The molecule has 4 heteroatoms. The monoisotopic (exact) mass is 540 g/mol. The molecule has 4 aromatic carbocycles. The molecule has 0 unspecified atom stereocenters. The summed E-state index contributed by atoms with van der Waals surface area (Å²) in [6.45, 7) is 20.4. The van der Waals surface area contributed by atoms with E-state index in [0.29, 0.717) is 11.5 Å². The van der Waals surface area contributed by atoms with Gasteiger partial charge >= 0.3 is 0 Å². The molecular formula is C36H44O4. The van der Waals surface area contributed by atoms with Crippen molar-refractivity contribution >= 4 is 0 Å². The number of rotatable bonds is 2. The van der Waals surface area contributed by atoms with E-state index in [1.54, 1.807) is 18.2 Å². The highest BCUT2D eigenvalue weighted by Gasteiger charge is 2.24. The van der Waals surface area contributed by atoms with Crippen LogP contribution in [0.5, 0.6) is 23.0 Å². The van der Waals surface area contributed by atoms with E-state index in [-0.39, 0.29) is 22.3 Å². The van der Waals surface area contributed by atoms with E-state index in [4.69, 9.17) is 0 Å². The van der Waals surface area contributed by atoms with Gasteiger partial charge in [-0.05, 0) is 109 Å². The number of hydrogen-bond donors (Lipinski definition) is 4. The lowest BCUT2D eigenvalue weighted by Crippen LogP contribution is -2.13. The summed E-state index contributed by atoms with van der Waals surface area (Å²) in [4.78, 5) is 0. The fraction of sp³-hybridized carbons (Fsp3) is 0.333. The summed E-state index contributed by atoms with van der Waals surface area (Å²) in [5.41, 5.74) is 8.87. The lowest BCUT2D eigenvalue weighted by atomic mass is 9.81. The topological polar surface area (TPSA) is 80.9 Å². The number of hydrogen-bond acceptors (Lipinski definition) is 4. The van der Waals surface area contributed by atoms with Crippen LogP contribution in [0.4, 0.5) is 0 Å². The highest BCUT2D eigenvalue weighted by Crippen LogP contribution is 2.43. The number of phenolic OH excluding ortho intramolecular Hbond substituents is 4. The Morgan fingerprint density at radius 1 is 0.450 bits per heavy atom. The molecule has 0 radical (unpaired) electrons. The summed E-state index contributed by atoms with van der Waals surface area (Å²) in [5, 5.41) is 40.6. The van der Waals surface area contributed by atoms with Crippen molar-refractivity contribution in [2.75, 3.05) is 0 Å². The maximum absolute atomic E-state index is 10.9. The van der Waals surface area contributed by atoms with Crippen molar-refractivity contribution in [3.8, 4) is 45.3 Å². The first-order chi connectivity index (χ1) is 18.4. The molecule has 4 N–H and O–H groups in total. The summed E-state index contributed by atoms with van der Waals surface area (Å²) < 4.78 is 0. The quantitative estimate of drug-likeness (QED) is 0.204. The second-order valence-electron chi connectivity index (χ2n) is 12.9. The van der Waals surface area contributed by atoms with Crippen LogP contribution in [-0.2, 0) is 10.8 Å². The van der Waals surface area contributed by atoms with E-state index in [0.717, 1.165) is 55.6 Å². The zero-order valence-electron chi connectivity index (χ0n) is 25.6. The van der Waals surface area contributed by atoms with Crippen molar-refractivity contribution in [1.82, 2.24) is 0 Å². The van der Waals surface area contributed by atoms with Crippen LogP contribution >= 0.6 is 0 Å². The van der Waals surface area contributed by atoms with Crippen LogP contribution in [0.1, 0.15) is 74.9 Å². The molecule has 0 bridgehead atoms. The normalized spacial score (nSPS) is 11.7. The van der Waals surface area contributed by atoms with Crippen LogP contribution in [0, 0.1) is 27.7 Å². The summed E-state index contributed by atoms with van der Waals surface area (Å²) in [7, 11) is 0. The lowest BCUT2D eigenvalue weighted by molar-refractivity contribution is 0.442. The van der Waals surface area contributed by atoms with Gasteiger partial charge in [0.2, 0.25) is 0 Å². The third-order valence-electron chi connectivity index (χ3n) is 7.14. The summed E-state index contributed by atoms with van der Waals surface area (Å²) in [5.74, 6) is 1.21. The Bertz CT molecular complexity index is 1530. The predicted octanol–water partition coefficient (Wildman–Crippen LogP) is 9.36. The number of phenols is 4. The van der Waals surface area contributed by atoms with Crippen LogP contribution in [0.3, 0.4) is 0 Å². The van der Waals surface area contributed by atoms with Gasteiger partial charge in [0, 0.05) is 22.3 Å². The molecule has 40 heavy (non-hydrogen) atoms. The molecule has 0 spiro atoms. The van der Waals surface area contributed by atoms with Gasteiger partial charge in [-0.2, -0.15) is 0 Å². The molecule has 0 saturated heterocycles. The Balaban J connectivity index is 0.000000238. The lowest BCUT2D eigenvalue weighted by Gasteiger charge is -2.25. The molecule has 0 aliphatic carbocycles. The molecular weight excluding hydrogens is 496 g/mol. The third-order valence-corrected chi connectivity index (χ3v) is 7.14. The standard InChI is InChI=1S/C22H30O2.C14H14O2/c1-13-9-16(20(24)17(10-13)21(3,4)5)15-11-14(2)19(23)18(12-15)22(6,7)8;1-9-3-5-14(16)12(7-9)11-4-6-13(15)10(2)8-11/h9-12,23-24H,1-8H3;3-8,15-16H,1-2H3. The Kier molecular flexibility index (Phi) is 8.64. The van der Waals surface area contributed by atoms with E-state index in [2.05, 4.69) is 54.5 Å². The first-order valence-corrected chi connectivity index (χ1v) is 13.7. The van der Waals surface area contributed by atoms with Gasteiger partial charge in [0.15, 0.2) is 0 Å². The van der Waals surface area contributed by atoms with E-state index in [9.17, 15) is 20.4 Å². The first kappa shape index (κ1) is 30.6. The van der Waals surface area contributed by atoms with Gasteiger partial charge in [-0.15, -0.1) is 0 Å². The van der Waals surface area contributed by atoms with Crippen LogP contribution in [0.15, 0.2) is 60.7 Å². The number of aryl methyl sites for hydroxylation is 4. The molecule has 0 saturated carbocycles. The van der Waals surface area contributed by atoms with Gasteiger partial charge in [-0.1, -0.05) is 65.3 Å². The Morgan fingerprint density at radius 2 is 0.975 bits per heavy atom. The van der Waals surface area contributed by atoms with Gasteiger partial charge in [0.25, 0.3) is 0 Å². The van der Waals surface area contributed by atoms with Crippen LogP contribution < -0.4 is 0 Å². The van der Waals surface area contributed by atoms with Crippen molar-refractivity contribution in [2.24, 2.45) is 0 Å². The van der Waals surface area contributed by atoms with E-state index in [1.807, 2.05) is 57.2 Å². The van der Waals surface area contributed by atoms with Crippen LogP contribution in [0.2, 0.25) is 0 Å². The highest BCUT2D eigenvalue weighted by atomic mass is 16.3. The van der Waals surface area contributed by atoms with Crippen molar-refractivity contribution < 1.29 is 20.4 Å². The Hall–Kier alpha value is -3.92. The van der Waals surface area contributed by atoms with Gasteiger partial charge in [0.05, 0.1) is 0 Å². The fourth-order valence-corrected chi connectivity index (χ4v) is 4.78. The van der Waals surface area contributed by atoms with Crippen molar-refractivity contribution in [1.29, 1.82) is 0 Å².